The van der Waals surface area contributed by atoms with Gasteiger partial charge >= 0.3 is 0 Å². The second kappa shape index (κ2) is 10.1. The third kappa shape index (κ3) is 5.18. The first-order valence-corrected chi connectivity index (χ1v) is 11.1. The lowest BCUT2D eigenvalue weighted by Gasteiger charge is -2.15. The minimum atomic E-state index is -0.196. The highest BCUT2D eigenvalue weighted by molar-refractivity contribution is 6.00. The summed E-state index contributed by atoms with van der Waals surface area (Å²) in [5, 5.41) is 10.8. The van der Waals surface area contributed by atoms with Crippen molar-refractivity contribution in [3.8, 4) is 22.6 Å². The molecule has 0 aliphatic rings. The second-order valence-corrected chi connectivity index (χ2v) is 8.26. The van der Waals surface area contributed by atoms with Crippen molar-refractivity contribution in [2.45, 2.75) is 20.0 Å². The van der Waals surface area contributed by atoms with Crippen molar-refractivity contribution in [1.29, 1.82) is 0 Å². The topological polar surface area (TPSA) is 72.5 Å². The van der Waals surface area contributed by atoms with Gasteiger partial charge in [-0.05, 0) is 59.4 Å². The van der Waals surface area contributed by atoms with Crippen molar-refractivity contribution in [3.63, 3.8) is 0 Å². The summed E-state index contributed by atoms with van der Waals surface area (Å²) < 4.78 is 6.10. The SMILES string of the molecule is C=C(N)c1cccc(Cc2ccc(COc3ccc(C(C)=O)c(O)c3-c3ccccc3)cc2)c1. The van der Waals surface area contributed by atoms with Gasteiger partial charge in [0.1, 0.15) is 18.1 Å². The molecule has 4 aromatic carbocycles. The van der Waals surface area contributed by atoms with Gasteiger partial charge in [-0.1, -0.05) is 79.4 Å². The molecule has 0 spiro atoms. The molecule has 0 radical (unpaired) electrons. The first-order valence-electron chi connectivity index (χ1n) is 11.1. The zero-order valence-electron chi connectivity index (χ0n) is 19.1. The summed E-state index contributed by atoms with van der Waals surface area (Å²) in [6, 6.07) is 29.1. The lowest BCUT2D eigenvalue weighted by Crippen LogP contribution is -2.01. The van der Waals surface area contributed by atoms with E-state index in [1.54, 1.807) is 12.1 Å². The third-order valence-electron chi connectivity index (χ3n) is 5.70. The van der Waals surface area contributed by atoms with Crippen LogP contribution in [0.3, 0.4) is 0 Å². The molecule has 0 saturated carbocycles. The van der Waals surface area contributed by atoms with E-state index in [1.165, 1.54) is 18.1 Å². The average molecular weight is 450 g/mol. The molecule has 0 aliphatic carbocycles. The number of ether oxygens (including phenoxy) is 1. The number of aromatic hydroxyl groups is 1. The molecule has 0 atom stereocenters. The van der Waals surface area contributed by atoms with Crippen molar-refractivity contribution in [2.24, 2.45) is 5.73 Å². The van der Waals surface area contributed by atoms with Crippen LogP contribution in [0.15, 0.2) is 97.6 Å². The van der Waals surface area contributed by atoms with Crippen LogP contribution in [-0.4, -0.2) is 10.9 Å². The van der Waals surface area contributed by atoms with Gasteiger partial charge in [-0.15, -0.1) is 0 Å². The van der Waals surface area contributed by atoms with E-state index in [1.807, 2.05) is 54.6 Å². The molecule has 0 unspecified atom stereocenters. The summed E-state index contributed by atoms with van der Waals surface area (Å²) in [7, 11) is 0. The molecule has 0 aliphatic heterocycles. The van der Waals surface area contributed by atoms with Gasteiger partial charge in [-0.2, -0.15) is 0 Å². The molecule has 170 valence electrons. The van der Waals surface area contributed by atoms with Gasteiger partial charge in [0.25, 0.3) is 0 Å². The Kier molecular flexibility index (Phi) is 6.79. The number of Topliss-reactive ketones (excluding diaryl/α,β-unsaturated/α-hetero) is 1. The molecular formula is C30H27NO3. The van der Waals surface area contributed by atoms with Crippen LogP contribution in [0.2, 0.25) is 0 Å². The number of carbonyl (C=O) groups is 1. The minimum absolute atomic E-state index is 0.0612. The van der Waals surface area contributed by atoms with E-state index in [0.29, 0.717) is 23.6 Å². The summed E-state index contributed by atoms with van der Waals surface area (Å²) in [6.07, 6.45) is 0.792. The van der Waals surface area contributed by atoms with Gasteiger partial charge in [-0.25, -0.2) is 0 Å². The van der Waals surface area contributed by atoms with Crippen LogP contribution < -0.4 is 10.5 Å². The first kappa shape index (κ1) is 22.9. The van der Waals surface area contributed by atoms with Crippen molar-refractivity contribution >= 4 is 11.5 Å². The molecule has 4 heteroatoms. The molecule has 0 saturated heterocycles. The molecule has 0 fully saturated rings. The van der Waals surface area contributed by atoms with E-state index in [2.05, 4.69) is 30.8 Å². The number of nitrogens with two attached hydrogens (primary N) is 1. The fourth-order valence-corrected chi connectivity index (χ4v) is 3.89. The maximum atomic E-state index is 11.9. The Labute approximate surface area is 200 Å². The van der Waals surface area contributed by atoms with Crippen LogP contribution in [0, 0.1) is 0 Å². The van der Waals surface area contributed by atoms with Crippen LogP contribution in [-0.2, 0) is 13.0 Å². The van der Waals surface area contributed by atoms with E-state index >= 15 is 0 Å². The van der Waals surface area contributed by atoms with E-state index in [-0.39, 0.29) is 17.1 Å². The zero-order chi connectivity index (χ0) is 24.1. The van der Waals surface area contributed by atoms with E-state index in [0.717, 1.165) is 23.1 Å². The monoisotopic (exact) mass is 449 g/mol. The lowest BCUT2D eigenvalue weighted by molar-refractivity contribution is 0.101. The molecule has 0 bridgehead atoms. The van der Waals surface area contributed by atoms with Crippen LogP contribution in [0.4, 0.5) is 0 Å². The molecule has 4 nitrogen and oxygen atoms in total. The smallest absolute Gasteiger partial charge is 0.163 e. The molecule has 0 amide bonds. The Bertz CT molecular complexity index is 1330. The lowest BCUT2D eigenvalue weighted by atomic mass is 9.98. The Balaban J connectivity index is 1.52. The van der Waals surface area contributed by atoms with Crippen LogP contribution in [0.1, 0.15) is 39.5 Å². The number of carbonyl (C=O) groups excluding carboxylic acids is 1. The Morgan fingerprint density at radius 3 is 2.26 bits per heavy atom. The fraction of sp³-hybridized carbons (Fsp3) is 0.100. The summed E-state index contributed by atoms with van der Waals surface area (Å²) in [5.41, 5.74) is 12.2. The Morgan fingerprint density at radius 2 is 1.59 bits per heavy atom. The van der Waals surface area contributed by atoms with Gasteiger partial charge in [0, 0.05) is 5.70 Å². The highest BCUT2D eigenvalue weighted by Crippen LogP contribution is 2.40. The normalized spacial score (nSPS) is 10.6. The molecule has 0 aromatic heterocycles. The van der Waals surface area contributed by atoms with Crippen molar-refractivity contribution in [2.75, 3.05) is 0 Å². The molecular weight excluding hydrogens is 422 g/mol. The second-order valence-electron chi connectivity index (χ2n) is 8.26. The summed E-state index contributed by atoms with van der Waals surface area (Å²) in [6.45, 7) is 5.58. The Hall–Kier alpha value is -4.31. The summed E-state index contributed by atoms with van der Waals surface area (Å²) in [5.74, 6) is 0.267. The maximum Gasteiger partial charge on any atom is 0.163 e. The highest BCUT2D eigenvalue weighted by atomic mass is 16.5. The third-order valence-corrected chi connectivity index (χ3v) is 5.70. The number of benzene rings is 4. The van der Waals surface area contributed by atoms with Crippen molar-refractivity contribution in [3.05, 3.63) is 125 Å². The number of hydrogen-bond acceptors (Lipinski definition) is 4. The van der Waals surface area contributed by atoms with Crippen LogP contribution in [0.5, 0.6) is 11.5 Å². The largest absolute Gasteiger partial charge is 0.506 e. The Morgan fingerprint density at radius 1 is 0.882 bits per heavy atom. The number of rotatable bonds is 8. The van der Waals surface area contributed by atoms with Gasteiger partial charge in [0.05, 0.1) is 11.1 Å². The highest BCUT2D eigenvalue weighted by Gasteiger charge is 2.18. The number of phenolic OH excluding ortho intramolecular Hbond substituents is 1. The summed E-state index contributed by atoms with van der Waals surface area (Å²) >= 11 is 0. The quantitative estimate of drug-likeness (QED) is 0.307. The molecule has 4 rings (SSSR count). The van der Waals surface area contributed by atoms with Gasteiger partial charge in [-0.3, -0.25) is 4.79 Å². The molecule has 4 aromatic rings. The number of ketones is 1. The van der Waals surface area contributed by atoms with Gasteiger partial charge in [0.15, 0.2) is 5.78 Å². The fourth-order valence-electron chi connectivity index (χ4n) is 3.89. The standard InChI is InChI=1S/C30H27NO3/c1-20(31)26-10-6-7-24(18-26)17-22-11-13-23(14-12-22)19-34-28-16-15-27(21(2)32)30(33)29(28)25-8-4-3-5-9-25/h3-16,18,33H,1,17,19,31H2,2H3. The van der Waals surface area contributed by atoms with E-state index in [4.69, 9.17) is 10.5 Å². The predicted octanol–water partition coefficient (Wildman–Crippen LogP) is 6.36. The first-order chi connectivity index (χ1) is 16.4. The van der Waals surface area contributed by atoms with E-state index < -0.39 is 0 Å². The molecule has 34 heavy (non-hydrogen) atoms. The van der Waals surface area contributed by atoms with E-state index in [9.17, 15) is 9.90 Å². The zero-order valence-corrected chi connectivity index (χ0v) is 19.1. The van der Waals surface area contributed by atoms with Gasteiger partial charge < -0.3 is 15.6 Å². The molecule has 3 N–H and O–H groups in total. The van der Waals surface area contributed by atoms with Crippen LogP contribution >= 0.6 is 0 Å². The number of hydrogen-bond donors (Lipinski definition) is 2. The van der Waals surface area contributed by atoms with Gasteiger partial charge in [0.2, 0.25) is 0 Å². The van der Waals surface area contributed by atoms with Crippen LogP contribution in [0.25, 0.3) is 16.8 Å². The van der Waals surface area contributed by atoms with Crippen molar-refractivity contribution < 1.29 is 14.6 Å². The minimum Gasteiger partial charge on any atom is -0.506 e. The number of phenols is 1. The predicted molar refractivity (Wildman–Crippen MR) is 137 cm³/mol. The van der Waals surface area contributed by atoms with Crippen molar-refractivity contribution in [1.82, 2.24) is 0 Å². The average Bonchev–Trinajstić information content (AvgIpc) is 2.84. The maximum absolute atomic E-state index is 11.9. The summed E-state index contributed by atoms with van der Waals surface area (Å²) in [4.78, 5) is 11.9. The molecule has 0 heterocycles.